The zero-order chi connectivity index (χ0) is 17.9. The lowest BCUT2D eigenvalue weighted by Crippen LogP contribution is -2.40. The highest BCUT2D eigenvalue weighted by molar-refractivity contribution is 8.20. The Labute approximate surface area is 158 Å². The van der Waals surface area contributed by atoms with E-state index in [9.17, 15) is 9.90 Å². The molecule has 0 bridgehead atoms. The van der Waals surface area contributed by atoms with Crippen LogP contribution in [0.3, 0.4) is 0 Å². The molecule has 0 saturated carbocycles. The number of aromatic carboxylic acids is 1. The van der Waals surface area contributed by atoms with E-state index in [0.717, 1.165) is 27.0 Å². The number of carbonyl (C=O) groups is 1. The van der Waals surface area contributed by atoms with Gasteiger partial charge < -0.3 is 10.0 Å². The molecule has 0 fully saturated rings. The van der Waals surface area contributed by atoms with Gasteiger partial charge in [0.05, 0.1) is 28.0 Å². The number of hydrogen-bond acceptors (Lipinski definition) is 5. The van der Waals surface area contributed by atoms with Gasteiger partial charge in [0.25, 0.3) is 0 Å². The van der Waals surface area contributed by atoms with Crippen LogP contribution in [-0.2, 0) is 0 Å². The average Bonchev–Trinajstić information content (AvgIpc) is 2.92. The fraction of sp³-hybridized carbons (Fsp3) is 0.100. The number of nitrogens with zero attached hydrogens (tertiary/aromatic N) is 2. The van der Waals surface area contributed by atoms with Gasteiger partial charge in [0.1, 0.15) is 0 Å². The highest BCUT2D eigenvalue weighted by Crippen LogP contribution is 2.60. The number of para-hydroxylation sites is 1. The lowest BCUT2D eigenvalue weighted by molar-refractivity contribution is 0.0693. The number of anilines is 1. The summed E-state index contributed by atoms with van der Waals surface area (Å²) >= 11 is 3.26. The topological polar surface area (TPSA) is 52.9 Å². The maximum absolute atomic E-state index is 11.9. The van der Waals surface area contributed by atoms with E-state index in [1.807, 2.05) is 49.7 Å². The first kappa shape index (κ1) is 15.8. The average molecular weight is 378 g/mol. The lowest BCUT2D eigenvalue weighted by Gasteiger charge is -2.35. The van der Waals surface area contributed by atoms with Gasteiger partial charge >= 0.3 is 5.97 Å². The number of rotatable bonds is 1. The third-order valence-electron chi connectivity index (χ3n) is 4.76. The summed E-state index contributed by atoms with van der Waals surface area (Å²) in [7, 11) is 2.03. The van der Waals surface area contributed by atoms with Crippen molar-refractivity contribution in [3.63, 3.8) is 0 Å². The molecule has 2 aliphatic heterocycles. The van der Waals surface area contributed by atoms with Crippen LogP contribution in [0.5, 0.6) is 0 Å². The molecule has 3 aromatic carbocycles. The van der Waals surface area contributed by atoms with Gasteiger partial charge in [-0.05, 0) is 23.6 Å². The van der Waals surface area contributed by atoms with Crippen LogP contribution in [0.4, 0.5) is 11.4 Å². The molecule has 0 amide bonds. The Bertz CT molecular complexity index is 1110. The van der Waals surface area contributed by atoms with Crippen molar-refractivity contribution in [2.24, 2.45) is 4.99 Å². The first-order chi connectivity index (χ1) is 12.6. The van der Waals surface area contributed by atoms with E-state index in [1.165, 1.54) is 4.90 Å². The van der Waals surface area contributed by atoms with Gasteiger partial charge in [0, 0.05) is 17.3 Å². The molecule has 3 aromatic rings. The van der Waals surface area contributed by atoms with E-state index >= 15 is 0 Å². The van der Waals surface area contributed by atoms with Crippen molar-refractivity contribution in [2.75, 3.05) is 11.9 Å². The number of thioether (sulfide) groups is 2. The molecule has 2 heterocycles. The van der Waals surface area contributed by atoms with Gasteiger partial charge in [0.2, 0.25) is 0 Å². The number of carboxylic acids is 1. The molecular formula is C20H14N2O2S2. The first-order valence-corrected chi connectivity index (χ1v) is 9.77. The number of fused-ring (bicyclic) bond motifs is 4. The van der Waals surface area contributed by atoms with Crippen LogP contribution in [0.1, 0.15) is 10.4 Å². The van der Waals surface area contributed by atoms with Crippen molar-refractivity contribution in [1.82, 2.24) is 0 Å². The quantitative estimate of drug-likeness (QED) is 0.627. The Morgan fingerprint density at radius 1 is 1.12 bits per heavy atom. The smallest absolute Gasteiger partial charge is 0.336 e. The van der Waals surface area contributed by atoms with Crippen LogP contribution in [0.15, 0.2) is 69.4 Å². The number of benzene rings is 3. The van der Waals surface area contributed by atoms with E-state index in [4.69, 9.17) is 4.99 Å². The van der Waals surface area contributed by atoms with Crippen molar-refractivity contribution in [1.29, 1.82) is 0 Å². The van der Waals surface area contributed by atoms with Gasteiger partial charge in [-0.2, -0.15) is 0 Å². The van der Waals surface area contributed by atoms with E-state index < -0.39 is 10.2 Å². The highest BCUT2D eigenvalue weighted by atomic mass is 32.2. The fourth-order valence-corrected chi connectivity index (χ4v) is 6.38. The maximum atomic E-state index is 11.9. The van der Waals surface area contributed by atoms with Crippen LogP contribution in [0.2, 0.25) is 0 Å². The minimum absolute atomic E-state index is 0.310. The third-order valence-corrected chi connectivity index (χ3v) is 7.79. The molecule has 1 spiro atoms. The van der Waals surface area contributed by atoms with E-state index in [2.05, 4.69) is 17.0 Å². The second kappa shape index (κ2) is 5.53. The van der Waals surface area contributed by atoms with Crippen molar-refractivity contribution in [2.45, 2.75) is 14.0 Å². The number of carboxylic acid groups (broad SMARTS) is 1. The first-order valence-electron chi connectivity index (χ1n) is 8.14. The molecule has 0 aliphatic carbocycles. The zero-order valence-electron chi connectivity index (χ0n) is 13.8. The molecule has 128 valence electrons. The molecule has 26 heavy (non-hydrogen) atoms. The second-order valence-corrected chi connectivity index (χ2v) is 9.01. The maximum Gasteiger partial charge on any atom is 0.336 e. The van der Waals surface area contributed by atoms with Gasteiger partial charge in [-0.15, -0.1) is 0 Å². The van der Waals surface area contributed by atoms with Crippen molar-refractivity contribution >= 4 is 57.9 Å². The molecule has 2 aliphatic rings. The second-order valence-electron chi connectivity index (χ2n) is 6.25. The van der Waals surface area contributed by atoms with Gasteiger partial charge in [-0.1, -0.05) is 59.9 Å². The number of aliphatic imine (C=N–C) groups is 1. The summed E-state index contributed by atoms with van der Waals surface area (Å²) in [5.41, 5.74) is 2.20. The monoisotopic (exact) mass is 378 g/mol. The summed E-state index contributed by atoms with van der Waals surface area (Å²) in [4.78, 5) is 20.8. The lowest BCUT2D eigenvalue weighted by atomic mass is 10.0. The summed E-state index contributed by atoms with van der Waals surface area (Å²) in [5.74, 6) is -0.921. The minimum Gasteiger partial charge on any atom is -0.478 e. The van der Waals surface area contributed by atoms with E-state index in [1.54, 1.807) is 29.6 Å². The Morgan fingerprint density at radius 3 is 2.69 bits per heavy atom. The summed E-state index contributed by atoms with van der Waals surface area (Å²) in [6.45, 7) is 0. The normalized spacial score (nSPS) is 20.4. The largest absolute Gasteiger partial charge is 0.478 e. The molecule has 0 aromatic heterocycles. The molecule has 5 rings (SSSR count). The molecule has 0 radical (unpaired) electrons. The van der Waals surface area contributed by atoms with Gasteiger partial charge in [0.15, 0.2) is 4.20 Å². The minimum atomic E-state index is -0.921. The molecule has 1 unspecified atom stereocenters. The molecule has 6 heteroatoms. The Kier molecular flexibility index (Phi) is 3.36. The molecule has 4 nitrogen and oxygen atoms in total. The SMILES string of the molecule is CN1c2ccccc2SC12C=Nc1c(c(C(=O)O)cc3ccccc13)S2. The van der Waals surface area contributed by atoms with Crippen LogP contribution in [-0.4, -0.2) is 28.5 Å². The predicted molar refractivity (Wildman–Crippen MR) is 108 cm³/mol. The van der Waals surface area contributed by atoms with Crippen molar-refractivity contribution < 1.29 is 9.90 Å². The summed E-state index contributed by atoms with van der Waals surface area (Å²) in [5, 5.41) is 11.7. The molecule has 1 atom stereocenters. The Hall–Kier alpha value is -2.44. The summed E-state index contributed by atoms with van der Waals surface area (Å²) in [6, 6.07) is 17.8. The third kappa shape index (κ3) is 2.12. The summed E-state index contributed by atoms with van der Waals surface area (Å²) in [6.07, 6.45) is 1.95. The number of hydrogen-bond donors (Lipinski definition) is 1. The van der Waals surface area contributed by atoms with E-state index in [-0.39, 0.29) is 0 Å². The van der Waals surface area contributed by atoms with Gasteiger partial charge in [-0.3, -0.25) is 4.99 Å². The zero-order valence-corrected chi connectivity index (χ0v) is 15.5. The molecule has 1 N–H and O–H groups in total. The van der Waals surface area contributed by atoms with Crippen molar-refractivity contribution in [3.05, 3.63) is 60.2 Å². The predicted octanol–water partition coefficient (Wildman–Crippen LogP) is 5.24. The van der Waals surface area contributed by atoms with Crippen molar-refractivity contribution in [3.8, 4) is 0 Å². The Morgan fingerprint density at radius 2 is 1.88 bits per heavy atom. The highest BCUT2D eigenvalue weighted by Gasteiger charge is 2.45. The van der Waals surface area contributed by atoms with Gasteiger partial charge in [-0.25, -0.2) is 4.79 Å². The van der Waals surface area contributed by atoms with Crippen LogP contribution < -0.4 is 4.90 Å². The summed E-state index contributed by atoms with van der Waals surface area (Å²) < 4.78 is -0.469. The fourth-order valence-electron chi connectivity index (χ4n) is 3.44. The van der Waals surface area contributed by atoms with Crippen LogP contribution in [0.25, 0.3) is 10.8 Å². The standard InChI is InChI=1S/C20H14N2O2S2/c1-22-15-8-4-5-9-16(15)25-20(22)11-21-17-13-7-3-2-6-12(13)10-14(19(23)24)18(17)26-20/h2-11H,1H3,(H,23,24). The van der Waals surface area contributed by atoms with Crippen LogP contribution in [0, 0.1) is 0 Å². The molecule has 0 saturated heterocycles. The molecular weight excluding hydrogens is 364 g/mol. The van der Waals surface area contributed by atoms with E-state index in [0.29, 0.717) is 5.56 Å². The Balaban J connectivity index is 1.72. The van der Waals surface area contributed by atoms with Crippen LogP contribution >= 0.6 is 23.5 Å².